The lowest BCUT2D eigenvalue weighted by molar-refractivity contribution is -0.153. The molecule has 0 bridgehead atoms. The minimum Gasteiger partial charge on any atom is -0.455 e. The Kier molecular flexibility index (Phi) is 8.79. The summed E-state index contributed by atoms with van der Waals surface area (Å²) < 4.78 is 84.0. The van der Waals surface area contributed by atoms with Crippen LogP contribution in [0.2, 0.25) is 0 Å². The summed E-state index contributed by atoms with van der Waals surface area (Å²) in [7, 11) is -3.92. The van der Waals surface area contributed by atoms with Crippen LogP contribution in [0.4, 0.5) is 17.6 Å². The topological polar surface area (TPSA) is 172 Å². The van der Waals surface area contributed by atoms with Gasteiger partial charge in [0.1, 0.15) is 17.6 Å². The van der Waals surface area contributed by atoms with Crippen molar-refractivity contribution in [1.82, 2.24) is 15.1 Å². The summed E-state index contributed by atoms with van der Waals surface area (Å²) in [6, 6.07) is 2.60. The molecule has 1 fully saturated rings. The van der Waals surface area contributed by atoms with Crippen molar-refractivity contribution in [3.8, 4) is 0 Å². The minimum atomic E-state index is -4.63. The smallest absolute Gasteiger partial charge is 0.455 e. The molecule has 1 aliphatic carbocycles. The van der Waals surface area contributed by atoms with E-state index in [1.165, 1.54) is 10.7 Å². The van der Waals surface area contributed by atoms with E-state index in [2.05, 4.69) is 26.2 Å². The van der Waals surface area contributed by atoms with E-state index >= 15 is 0 Å². The summed E-state index contributed by atoms with van der Waals surface area (Å²) in [6.07, 6.45) is -3.73. The van der Waals surface area contributed by atoms with Gasteiger partial charge < -0.3 is 15.5 Å². The Hall–Kier alpha value is -3.50. The molecule has 0 amide bonds. The number of aryl methyl sites for hydroxylation is 1. The number of hydrogen-bond acceptors (Lipinski definition) is 7. The molecule has 1 saturated carbocycles. The van der Waals surface area contributed by atoms with Crippen LogP contribution in [0.3, 0.4) is 0 Å². The fourth-order valence-electron chi connectivity index (χ4n) is 3.94. The summed E-state index contributed by atoms with van der Waals surface area (Å²) in [5.74, 6) is -2.23. The van der Waals surface area contributed by atoms with Crippen LogP contribution in [-0.2, 0) is 27.2 Å². The number of ketones is 1. The number of nitrogens with two attached hydrogens (primary N) is 2. The minimum absolute atomic E-state index is 0.0162. The lowest BCUT2D eigenvalue weighted by atomic mass is 10.1. The van der Waals surface area contributed by atoms with Gasteiger partial charge in [0.05, 0.1) is 31.1 Å². The molecule has 0 aromatic carbocycles. The van der Waals surface area contributed by atoms with E-state index in [1.54, 1.807) is 6.92 Å². The number of carbonyl (C=O) groups is 1. The molecule has 16 heteroatoms. The first-order valence-corrected chi connectivity index (χ1v) is 12.7. The van der Waals surface area contributed by atoms with Crippen LogP contribution in [0.5, 0.6) is 0 Å². The highest BCUT2D eigenvalue weighted by atomic mass is 32.2. The number of furan rings is 1. The molecule has 3 rings (SSSR count). The first-order valence-electron chi connectivity index (χ1n) is 11.1. The number of aliphatic imine (C=N–C) groups is 1. The number of allylic oxidation sites excluding steroid dienone is 1. The molecule has 208 valence electrons. The third kappa shape index (κ3) is 7.52. The van der Waals surface area contributed by atoms with Gasteiger partial charge >= 0.3 is 16.5 Å². The summed E-state index contributed by atoms with van der Waals surface area (Å²) in [5, 5.41) is 11.9. The van der Waals surface area contributed by atoms with E-state index in [0.717, 1.165) is 24.7 Å². The highest BCUT2D eigenvalue weighted by Gasteiger charge is 2.37. The molecule has 1 aliphatic rings. The van der Waals surface area contributed by atoms with Crippen LogP contribution in [0.25, 0.3) is 0 Å². The Bertz CT molecular complexity index is 1350. The van der Waals surface area contributed by atoms with Crippen LogP contribution in [0, 0.1) is 12.8 Å². The molecule has 11 nitrogen and oxygen atoms in total. The number of Topliss-reactive ketones (excluding diaryl/α,β-unsaturated/α-hetero) is 1. The van der Waals surface area contributed by atoms with Crippen LogP contribution < -0.4 is 16.2 Å². The number of alkyl halides is 4. The maximum Gasteiger partial charge on any atom is 0.484 e. The Morgan fingerprint density at radius 1 is 1.45 bits per heavy atom. The first kappa shape index (κ1) is 29.1. The second-order valence-corrected chi connectivity index (χ2v) is 9.91. The van der Waals surface area contributed by atoms with Gasteiger partial charge in [-0.15, -0.1) is 4.21 Å². The first-order chi connectivity index (χ1) is 17.7. The van der Waals surface area contributed by atoms with Crippen molar-refractivity contribution in [2.24, 2.45) is 21.8 Å². The Labute approximate surface area is 215 Å². The fourth-order valence-corrected chi connectivity index (χ4v) is 4.33. The average Bonchev–Trinajstić information content (AvgIpc) is 3.52. The molecule has 0 spiro atoms. The van der Waals surface area contributed by atoms with E-state index in [-0.39, 0.29) is 48.7 Å². The van der Waals surface area contributed by atoms with Gasteiger partial charge in [0.25, 0.3) is 0 Å². The summed E-state index contributed by atoms with van der Waals surface area (Å²) >= 11 is 0. The fraction of sp³-hybridized carbons (Fsp3) is 0.409. The van der Waals surface area contributed by atoms with Gasteiger partial charge in [-0.25, -0.2) is 13.6 Å². The van der Waals surface area contributed by atoms with Crippen LogP contribution in [-0.4, -0.2) is 49.1 Å². The Balaban J connectivity index is 1.73. The zero-order valence-electron chi connectivity index (χ0n) is 20.2. The molecule has 4 atom stereocenters. The number of nitrogens with zero attached hydrogens (tertiary/aromatic N) is 3. The summed E-state index contributed by atoms with van der Waals surface area (Å²) in [4.78, 5) is 17.0. The van der Waals surface area contributed by atoms with Gasteiger partial charge in [-0.1, -0.05) is 6.58 Å². The molecule has 2 aromatic heterocycles. The zero-order chi connectivity index (χ0) is 28.3. The maximum absolute atomic E-state index is 14.6. The molecular formula is C22H27F4N6O5S+. The van der Waals surface area contributed by atoms with Crippen molar-refractivity contribution in [3.05, 3.63) is 65.2 Å². The van der Waals surface area contributed by atoms with Crippen molar-refractivity contribution >= 4 is 22.4 Å². The molecule has 0 aliphatic heterocycles. The second-order valence-electron chi connectivity index (χ2n) is 8.64. The second kappa shape index (κ2) is 11.5. The number of carbonyl (C=O) groups excluding carboxylic acids is 1. The molecule has 2 heterocycles. The number of aromatic nitrogens is 2. The van der Waals surface area contributed by atoms with E-state index in [0.29, 0.717) is 5.69 Å². The maximum atomic E-state index is 14.6. The summed E-state index contributed by atoms with van der Waals surface area (Å²) in [5.41, 5.74) is 5.63. The van der Waals surface area contributed by atoms with Gasteiger partial charge in [-0.05, 0) is 43.9 Å². The Morgan fingerprint density at radius 2 is 2.16 bits per heavy atom. The predicted octanol–water partition coefficient (Wildman–Crippen LogP) is 2.50. The van der Waals surface area contributed by atoms with Gasteiger partial charge in [0, 0.05) is 17.6 Å². The van der Waals surface area contributed by atoms with Crippen LogP contribution >= 0.6 is 0 Å². The molecular weight excluding hydrogens is 536 g/mol. The predicted molar refractivity (Wildman–Crippen MR) is 129 cm³/mol. The van der Waals surface area contributed by atoms with Crippen molar-refractivity contribution in [2.75, 3.05) is 6.61 Å². The quantitative estimate of drug-likeness (QED) is 0.0717. The van der Waals surface area contributed by atoms with Gasteiger partial charge in [0.2, 0.25) is 11.5 Å². The molecule has 6 N–H and O–H groups in total. The Morgan fingerprint density at radius 3 is 2.76 bits per heavy atom. The molecule has 1 unspecified atom stereocenters. The zero-order valence-corrected chi connectivity index (χ0v) is 21.0. The number of halogens is 4. The standard InChI is InChI=1S/C22H26F4N6O5S/c1-12-5-19(31-32(12)9-15-3-4-20(37-15)22(24,25)26)21(33)16(8-29-11-27)13(2)30-18-7-14(6-17(18)23)10-36-38(28,34)35/h3-5,8,11,14,17-18,30H,2,6-7,9-10H2,1H3,(H2,27,29)(H2,28,34,35)/p+1/b16-8+/t14-,17+,18-/m1/s1. The molecule has 0 radical (unpaired) electrons. The third-order valence-corrected chi connectivity index (χ3v) is 6.21. The van der Waals surface area contributed by atoms with E-state index < -0.39 is 46.2 Å². The van der Waals surface area contributed by atoms with E-state index in [9.17, 15) is 26.6 Å². The average molecular weight is 564 g/mol. The normalized spacial score (nSPS) is 22.1. The largest absolute Gasteiger partial charge is 0.484 e. The number of rotatable bonds is 11. The van der Waals surface area contributed by atoms with E-state index in [1.807, 2.05) is 0 Å². The van der Waals surface area contributed by atoms with Gasteiger partial charge in [0.15, 0.2) is 0 Å². The van der Waals surface area contributed by atoms with Crippen LogP contribution in [0.1, 0.15) is 40.5 Å². The number of hydrogen-bond donors (Lipinski definition) is 3. The van der Waals surface area contributed by atoms with E-state index in [4.69, 9.17) is 19.5 Å². The molecule has 0 saturated heterocycles. The molecule has 38 heavy (non-hydrogen) atoms. The lowest BCUT2D eigenvalue weighted by Crippen LogP contribution is -2.34. The van der Waals surface area contributed by atoms with Crippen LogP contribution in [0.15, 0.2) is 51.7 Å². The molecule has 2 aromatic rings. The van der Waals surface area contributed by atoms with Gasteiger partial charge in [-0.3, -0.25) is 9.48 Å². The number of nitrogens with one attached hydrogen (secondary N) is 1. The van der Waals surface area contributed by atoms with Gasteiger partial charge in [-0.2, -0.15) is 27.6 Å². The SMILES string of the molecule is C=C(N[C@@H]1C[C@H](COS(N)(=O)=[OH+])C[C@@H]1F)/C(=C\N=CN)C(=O)c1cc(C)n(Cc2ccc(C(F)(F)F)o2)n1. The van der Waals surface area contributed by atoms with Crippen molar-refractivity contribution in [1.29, 1.82) is 0 Å². The third-order valence-electron chi connectivity index (χ3n) is 5.73. The van der Waals surface area contributed by atoms with Crippen molar-refractivity contribution in [3.63, 3.8) is 0 Å². The van der Waals surface area contributed by atoms with Crippen molar-refractivity contribution in [2.45, 2.75) is 44.7 Å². The lowest BCUT2D eigenvalue weighted by Gasteiger charge is -2.19. The highest BCUT2D eigenvalue weighted by molar-refractivity contribution is 7.84. The highest BCUT2D eigenvalue weighted by Crippen LogP contribution is 2.32. The summed E-state index contributed by atoms with van der Waals surface area (Å²) in [6.45, 7) is 5.02. The monoisotopic (exact) mass is 563 g/mol. The van der Waals surface area contributed by atoms with Crippen molar-refractivity contribution < 1.29 is 39.4 Å².